The molecule has 98 valence electrons. The molecule has 0 saturated heterocycles. The fraction of sp³-hybridized carbons (Fsp3) is 0.833. The molecule has 1 fully saturated rings. The number of hydrogen-bond acceptors (Lipinski definition) is 3. The van der Waals surface area contributed by atoms with Crippen LogP contribution in [0.25, 0.3) is 0 Å². The molecule has 17 heavy (non-hydrogen) atoms. The van der Waals surface area contributed by atoms with Crippen molar-refractivity contribution < 1.29 is 14.3 Å². The predicted molar refractivity (Wildman–Crippen MR) is 64.6 cm³/mol. The van der Waals surface area contributed by atoms with Crippen LogP contribution in [0.15, 0.2) is 0 Å². The van der Waals surface area contributed by atoms with Crippen LogP contribution >= 0.6 is 0 Å². The third-order valence-corrected chi connectivity index (χ3v) is 3.18. The second-order valence-electron chi connectivity index (χ2n) is 4.48. The molecule has 0 aromatic rings. The second-order valence-corrected chi connectivity index (χ2v) is 4.48. The van der Waals surface area contributed by atoms with E-state index in [-0.39, 0.29) is 12.6 Å². The van der Waals surface area contributed by atoms with E-state index < -0.39 is 5.97 Å². The molecule has 1 aliphatic rings. The Kier molecular flexibility index (Phi) is 6.43. The predicted octanol–water partition coefficient (Wildman–Crippen LogP) is 1.43. The first kappa shape index (κ1) is 13.8. The topological polar surface area (TPSA) is 67.4 Å². The lowest BCUT2D eigenvalue weighted by atomic mass is 9.87. The zero-order valence-corrected chi connectivity index (χ0v) is 10.5. The fourth-order valence-corrected chi connectivity index (χ4v) is 2.15. The average molecular weight is 242 g/mol. The van der Waals surface area contributed by atoms with Gasteiger partial charge in [0.15, 0.2) is 0 Å². The maximum atomic E-state index is 11.3. The Morgan fingerprint density at radius 1 is 1.18 bits per heavy atom. The first-order valence-electron chi connectivity index (χ1n) is 6.31. The van der Waals surface area contributed by atoms with Crippen LogP contribution in [-0.4, -0.2) is 32.2 Å². The van der Waals surface area contributed by atoms with Crippen molar-refractivity contribution in [3.05, 3.63) is 0 Å². The number of nitrogens with one attached hydrogen (secondary N) is 2. The van der Waals surface area contributed by atoms with Gasteiger partial charge in [0.05, 0.1) is 7.11 Å². The van der Waals surface area contributed by atoms with Gasteiger partial charge < -0.3 is 15.4 Å². The molecule has 1 saturated carbocycles. The summed E-state index contributed by atoms with van der Waals surface area (Å²) in [5, 5.41) is 5.20. The van der Waals surface area contributed by atoms with E-state index in [1.54, 1.807) is 0 Å². The van der Waals surface area contributed by atoms with Gasteiger partial charge in [-0.05, 0) is 12.3 Å². The smallest absolute Gasteiger partial charge is 0.325 e. The Hall–Kier alpha value is -1.26. The maximum absolute atomic E-state index is 11.3. The minimum atomic E-state index is -0.438. The molecule has 1 rings (SSSR count). The number of carbonyl (C=O) groups is 2. The number of hydrogen-bond donors (Lipinski definition) is 2. The summed E-state index contributed by atoms with van der Waals surface area (Å²) in [5.41, 5.74) is 0. The highest BCUT2D eigenvalue weighted by atomic mass is 16.5. The van der Waals surface area contributed by atoms with Gasteiger partial charge in [-0.25, -0.2) is 4.79 Å². The molecule has 2 N–H and O–H groups in total. The van der Waals surface area contributed by atoms with E-state index in [1.165, 1.54) is 39.2 Å². The Bertz CT molecular complexity index is 250. The minimum Gasteiger partial charge on any atom is -0.468 e. The quantitative estimate of drug-likeness (QED) is 0.717. The van der Waals surface area contributed by atoms with E-state index >= 15 is 0 Å². The summed E-state index contributed by atoms with van der Waals surface area (Å²) in [6.45, 7) is 0.601. The highest BCUT2D eigenvalue weighted by Crippen LogP contribution is 2.25. The molecular weight excluding hydrogens is 220 g/mol. The van der Waals surface area contributed by atoms with Gasteiger partial charge in [-0.1, -0.05) is 32.1 Å². The maximum Gasteiger partial charge on any atom is 0.325 e. The Morgan fingerprint density at radius 2 is 1.88 bits per heavy atom. The SMILES string of the molecule is COC(=O)CNC(=O)NCCC1CCCCC1. The molecule has 1 aliphatic carbocycles. The van der Waals surface area contributed by atoms with Crippen LogP contribution in [0.1, 0.15) is 38.5 Å². The summed E-state index contributed by atoms with van der Waals surface area (Å²) >= 11 is 0. The number of rotatable bonds is 5. The van der Waals surface area contributed by atoms with Crippen LogP contribution in [0, 0.1) is 5.92 Å². The number of methoxy groups -OCH3 is 1. The van der Waals surface area contributed by atoms with Gasteiger partial charge in [0.2, 0.25) is 0 Å². The lowest BCUT2D eigenvalue weighted by Gasteiger charge is -2.21. The molecular formula is C12H22N2O3. The normalized spacial score (nSPS) is 16.3. The summed E-state index contributed by atoms with van der Waals surface area (Å²) in [5.74, 6) is 0.317. The third-order valence-electron chi connectivity index (χ3n) is 3.18. The highest BCUT2D eigenvalue weighted by Gasteiger charge is 2.13. The summed E-state index contributed by atoms with van der Waals surface area (Å²) in [6, 6.07) is -0.300. The van der Waals surface area contributed by atoms with Crippen LogP contribution in [0.2, 0.25) is 0 Å². The van der Waals surface area contributed by atoms with Crippen LogP contribution in [-0.2, 0) is 9.53 Å². The summed E-state index contributed by atoms with van der Waals surface area (Å²) in [7, 11) is 1.30. The Balaban J connectivity index is 2.01. The molecule has 2 amide bonds. The van der Waals surface area contributed by atoms with Crippen molar-refractivity contribution in [3.8, 4) is 0 Å². The zero-order chi connectivity index (χ0) is 12.5. The number of ether oxygens (including phenoxy) is 1. The molecule has 0 aromatic carbocycles. The van der Waals surface area contributed by atoms with Gasteiger partial charge in [-0.15, -0.1) is 0 Å². The van der Waals surface area contributed by atoms with Crippen molar-refractivity contribution >= 4 is 12.0 Å². The molecule has 0 bridgehead atoms. The van der Waals surface area contributed by atoms with Crippen molar-refractivity contribution in [1.29, 1.82) is 0 Å². The van der Waals surface area contributed by atoms with E-state index in [9.17, 15) is 9.59 Å². The van der Waals surface area contributed by atoms with Gasteiger partial charge in [-0.2, -0.15) is 0 Å². The van der Waals surface area contributed by atoms with Crippen molar-refractivity contribution in [3.63, 3.8) is 0 Å². The lowest BCUT2D eigenvalue weighted by molar-refractivity contribution is -0.139. The van der Waals surface area contributed by atoms with Gasteiger partial charge in [0, 0.05) is 6.54 Å². The molecule has 0 aromatic heterocycles. The Labute approximate surface area is 102 Å². The van der Waals surface area contributed by atoms with E-state index in [2.05, 4.69) is 15.4 Å². The fourth-order valence-electron chi connectivity index (χ4n) is 2.15. The molecule has 5 heteroatoms. The van der Waals surface area contributed by atoms with E-state index in [4.69, 9.17) is 0 Å². The van der Waals surface area contributed by atoms with Gasteiger partial charge >= 0.3 is 12.0 Å². The third kappa shape index (κ3) is 6.14. The van der Waals surface area contributed by atoms with Crippen molar-refractivity contribution in [1.82, 2.24) is 10.6 Å². The van der Waals surface area contributed by atoms with Crippen molar-refractivity contribution in [2.24, 2.45) is 5.92 Å². The molecule has 0 radical (unpaired) electrons. The summed E-state index contributed by atoms with van der Waals surface area (Å²) in [6.07, 6.45) is 7.59. The van der Waals surface area contributed by atoms with Gasteiger partial charge in [-0.3, -0.25) is 4.79 Å². The minimum absolute atomic E-state index is 0.0776. The number of amides is 2. The number of esters is 1. The molecule has 0 spiro atoms. The standard InChI is InChI=1S/C12H22N2O3/c1-17-11(15)9-14-12(16)13-8-7-10-5-3-2-4-6-10/h10H,2-9H2,1H3,(H2,13,14,16). The van der Waals surface area contributed by atoms with Crippen LogP contribution < -0.4 is 10.6 Å². The molecule has 5 nitrogen and oxygen atoms in total. The second kappa shape index (κ2) is 7.92. The van der Waals surface area contributed by atoms with Crippen LogP contribution in [0.4, 0.5) is 4.79 Å². The number of carbonyl (C=O) groups excluding carboxylic acids is 2. The monoisotopic (exact) mass is 242 g/mol. The average Bonchev–Trinajstić information content (AvgIpc) is 2.37. The van der Waals surface area contributed by atoms with Crippen LogP contribution in [0.3, 0.4) is 0 Å². The largest absolute Gasteiger partial charge is 0.468 e. The van der Waals surface area contributed by atoms with E-state index in [0.717, 1.165) is 12.3 Å². The first-order valence-corrected chi connectivity index (χ1v) is 6.31. The van der Waals surface area contributed by atoms with Gasteiger partial charge in [0.1, 0.15) is 6.54 Å². The highest BCUT2D eigenvalue weighted by molar-refractivity contribution is 5.80. The van der Waals surface area contributed by atoms with E-state index in [0.29, 0.717) is 6.54 Å². The van der Waals surface area contributed by atoms with Crippen LogP contribution in [0.5, 0.6) is 0 Å². The molecule has 0 atom stereocenters. The lowest BCUT2D eigenvalue weighted by Crippen LogP contribution is -2.39. The molecule has 0 heterocycles. The van der Waals surface area contributed by atoms with Gasteiger partial charge in [0.25, 0.3) is 0 Å². The van der Waals surface area contributed by atoms with Crippen molar-refractivity contribution in [2.45, 2.75) is 38.5 Å². The summed E-state index contributed by atoms with van der Waals surface area (Å²) < 4.78 is 4.42. The summed E-state index contributed by atoms with van der Waals surface area (Å²) in [4.78, 5) is 22.0. The van der Waals surface area contributed by atoms with E-state index in [1.807, 2.05) is 0 Å². The van der Waals surface area contributed by atoms with Crippen molar-refractivity contribution in [2.75, 3.05) is 20.2 Å². The Morgan fingerprint density at radius 3 is 2.53 bits per heavy atom. The molecule has 0 unspecified atom stereocenters. The first-order chi connectivity index (χ1) is 8.22. The number of urea groups is 1. The molecule has 0 aliphatic heterocycles. The zero-order valence-electron chi connectivity index (χ0n) is 10.5.